The van der Waals surface area contributed by atoms with Gasteiger partial charge in [-0.3, -0.25) is 19.6 Å². The molecule has 0 spiro atoms. The zero-order valence-electron chi connectivity index (χ0n) is 14.3. The van der Waals surface area contributed by atoms with E-state index in [1.54, 1.807) is 12.1 Å². The zero-order valence-corrected chi connectivity index (χ0v) is 15.0. The van der Waals surface area contributed by atoms with E-state index >= 15 is 0 Å². The van der Waals surface area contributed by atoms with Crippen LogP contribution in [0.2, 0.25) is 5.02 Å². The SMILES string of the molecule is Cc1cccc(Oc2cc(NC(=O)Cn3cc(Cl)cn3)cc([N+](=O)[O-])c2)c1. The molecule has 1 aromatic heterocycles. The highest BCUT2D eigenvalue weighted by molar-refractivity contribution is 6.30. The Balaban J connectivity index is 1.80. The van der Waals surface area contributed by atoms with Gasteiger partial charge in [0.15, 0.2) is 0 Å². The van der Waals surface area contributed by atoms with Gasteiger partial charge in [-0.15, -0.1) is 0 Å². The first-order chi connectivity index (χ1) is 12.9. The number of carbonyl (C=O) groups excluding carboxylic acids is 1. The molecule has 0 aliphatic heterocycles. The number of non-ortho nitro benzene ring substituents is 1. The van der Waals surface area contributed by atoms with Crippen molar-refractivity contribution in [1.29, 1.82) is 0 Å². The summed E-state index contributed by atoms with van der Waals surface area (Å²) in [7, 11) is 0. The Morgan fingerprint density at radius 1 is 1.30 bits per heavy atom. The zero-order chi connectivity index (χ0) is 19.4. The third-order valence-electron chi connectivity index (χ3n) is 3.52. The van der Waals surface area contributed by atoms with Gasteiger partial charge in [0.25, 0.3) is 5.69 Å². The van der Waals surface area contributed by atoms with Crippen LogP contribution < -0.4 is 10.1 Å². The second kappa shape index (κ2) is 7.88. The average Bonchev–Trinajstić information content (AvgIpc) is 2.99. The maximum absolute atomic E-state index is 12.2. The van der Waals surface area contributed by atoms with Crippen LogP contribution in [-0.2, 0) is 11.3 Å². The number of anilines is 1. The monoisotopic (exact) mass is 386 g/mol. The van der Waals surface area contributed by atoms with Gasteiger partial charge in [-0.1, -0.05) is 23.7 Å². The van der Waals surface area contributed by atoms with Crippen LogP contribution in [-0.4, -0.2) is 20.6 Å². The van der Waals surface area contributed by atoms with E-state index in [9.17, 15) is 14.9 Å². The Kier molecular flexibility index (Phi) is 5.37. The number of aryl methyl sites for hydroxylation is 1. The van der Waals surface area contributed by atoms with Crippen LogP contribution in [0, 0.1) is 17.0 Å². The number of nitrogens with zero attached hydrogens (tertiary/aromatic N) is 3. The summed E-state index contributed by atoms with van der Waals surface area (Å²) in [5.41, 5.74) is 1.04. The van der Waals surface area contributed by atoms with Gasteiger partial charge < -0.3 is 10.1 Å². The van der Waals surface area contributed by atoms with Crippen molar-refractivity contribution in [3.63, 3.8) is 0 Å². The Labute approximate surface area is 159 Å². The molecule has 0 saturated carbocycles. The molecule has 0 atom stereocenters. The van der Waals surface area contributed by atoms with Gasteiger partial charge >= 0.3 is 0 Å². The first-order valence-corrected chi connectivity index (χ1v) is 8.29. The fourth-order valence-electron chi connectivity index (χ4n) is 2.41. The lowest BCUT2D eigenvalue weighted by atomic mass is 10.2. The Morgan fingerprint density at radius 3 is 2.78 bits per heavy atom. The number of ether oxygens (including phenoxy) is 1. The first kappa shape index (κ1) is 18.4. The molecule has 0 bridgehead atoms. The van der Waals surface area contributed by atoms with E-state index in [-0.39, 0.29) is 23.7 Å². The fourth-order valence-corrected chi connectivity index (χ4v) is 2.56. The van der Waals surface area contributed by atoms with E-state index in [0.29, 0.717) is 10.8 Å². The molecule has 3 aromatic rings. The molecule has 1 amide bonds. The summed E-state index contributed by atoms with van der Waals surface area (Å²) < 4.78 is 7.06. The van der Waals surface area contributed by atoms with Gasteiger partial charge in [0.1, 0.15) is 18.0 Å². The van der Waals surface area contributed by atoms with E-state index in [1.807, 2.05) is 19.1 Å². The third kappa shape index (κ3) is 5.05. The summed E-state index contributed by atoms with van der Waals surface area (Å²) in [6.45, 7) is 1.83. The number of benzene rings is 2. The van der Waals surface area contributed by atoms with Crippen molar-refractivity contribution in [1.82, 2.24) is 9.78 Å². The number of rotatable bonds is 6. The lowest BCUT2D eigenvalue weighted by molar-refractivity contribution is -0.384. The number of nitrogens with one attached hydrogen (secondary N) is 1. The molecule has 0 unspecified atom stereocenters. The van der Waals surface area contributed by atoms with Crippen LogP contribution >= 0.6 is 11.6 Å². The van der Waals surface area contributed by atoms with Gasteiger partial charge in [-0.05, 0) is 24.6 Å². The highest BCUT2D eigenvalue weighted by Gasteiger charge is 2.14. The molecule has 0 aliphatic rings. The van der Waals surface area contributed by atoms with E-state index in [4.69, 9.17) is 16.3 Å². The summed E-state index contributed by atoms with van der Waals surface area (Å²) in [6.07, 6.45) is 2.91. The molecular weight excluding hydrogens is 372 g/mol. The highest BCUT2D eigenvalue weighted by atomic mass is 35.5. The van der Waals surface area contributed by atoms with Crippen molar-refractivity contribution in [2.45, 2.75) is 13.5 Å². The van der Waals surface area contributed by atoms with E-state index in [2.05, 4.69) is 10.4 Å². The molecule has 2 aromatic carbocycles. The normalized spacial score (nSPS) is 10.4. The van der Waals surface area contributed by atoms with Crippen molar-refractivity contribution >= 4 is 28.9 Å². The second-order valence-corrected chi connectivity index (χ2v) is 6.23. The highest BCUT2D eigenvalue weighted by Crippen LogP contribution is 2.30. The summed E-state index contributed by atoms with van der Waals surface area (Å²) in [5, 5.41) is 18.1. The predicted molar refractivity (Wildman–Crippen MR) is 100 cm³/mol. The van der Waals surface area contributed by atoms with Gasteiger partial charge in [0.05, 0.1) is 27.9 Å². The molecule has 0 aliphatic carbocycles. The maximum atomic E-state index is 12.2. The minimum atomic E-state index is -0.550. The molecule has 1 N–H and O–H groups in total. The van der Waals surface area contributed by atoms with Crippen LogP contribution in [0.1, 0.15) is 5.56 Å². The summed E-state index contributed by atoms with van der Waals surface area (Å²) in [4.78, 5) is 22.8. The minimum absolute atomic E-state index is 0.0799. The summed E-state index contributed by atoms with van der Waals surface area (Å²) >= 11 is 5.76. The molecule has 27 heavy (non-hydrogen) atoms. The number of nitro benzene ring substituents is 1. The summed E-state index contributed by atoms with van der Waals surface area (Å²) in [5.74, 6) is 0.378. The summed E-state index contributed by atoms with van der Waals surface area (Å²) in [6, 6.07) is 11.4. The average molecular weight is 387 g/mol. The number of nitro groups is 1. The van der Waals surface area contributed by atoms with Crippen molar-refractivity contribution in [2.75, 3.05) is 5.32 Å². The van der Waals surface area contributed by atoms with Gasteiger partial charge in [-0.25, -0.2) is 0 Å². The standard InChI is InChI=1S/C18H15ClN4O4/c1-12-3-2-4-16(5-12)27-17-7-14(6-15(8-17)23(25)26)21-18(24)11-22-10-13(19)9-20-22/h2-10H,11H2,1H3,(H,21,24). The van der Waals surface area contributed by atoms with Crippen LogP contribution in [0.5, 0.6) is 11.5 Å². The Bertz CT molecular complexity index is 1000. The number of hydrogen-bond acceptors (Lipinski definition) is 5. The second-order valence-electron chi connectivity index (χ2n) is 5.80. The number of carbonyl (C=O) groups is 1. The van der Waals surface area contributed by atoms with E-state index in [0.717, 1.165) is 5.56 Å². The number of aromatic nitrogens is 2. The molecule has 0 fully saturated rings. The third-order valence-corrected chi connectivity index (χ3v) is 3.71. The van der Waals surface area contributed by atoms with Crippen LogP contribution in [0.25, 0.3) is 0 Å². The van der Waals surface area contributed by atoms with Gasteiger partial charge in [-0.2, -0.15) is 5.10 Å². The maximum Gasteiger partial charge on any atom is 0.275 e. The van der Waals surface area contributed by atoms with Gasteiger partial charge in [0.2, 0.25) is 5.91 Å². The molecule has 8 nitrogen and oxygen atoms in total. The largest absolute Gasteiger partial charge is 0.457 e. The Morgan fingerprint density at radius 2 is 2.11 bits per heavy atom. The van der Waals surface area contributed by atoms with E-state index in [1.165, 1.54) is 35.3 Å². The lowest BCUT2D eigenvalue weighted by Gasteiger charge is -2.10. The first-order valence-electron chi connectivity index (χ1n) is 7.91. The minimum Gasteiger partial charge on any atom is -0.457 e. The van der Waals surface area contributed by atoms with Gasteiger partial charge in [0, 0.05) is 18.3 Å². The number of hydrogen-bond donors (Lipinski definition) is 1. The van der Waals surface area contributed by atoms with Crippen molar-refractivity contribution in [3.05, 3.63) is 75.6 Å². The molecule has 1 heterocycles. The fraction of sp³-hybridized carbons (Fsp3) is 0.111. The smallest absolute Gasteiger partial charge is 0.275 e. The van der Waals surface area contributed by atoms with Crippen molar-refractivity contribution < 1.29 is 14.5 Å². The van der Waals surface area contributed by atoms with Crippen LogP contribution in [0.3, 0.4) is 0 Å². The topological polar surface area (TPSA) is 99.3 Å². The van der Waals surface area contributed by atoms with E-state index < -0.39 is 10.8 Å². The molecule has 0 saturated heterocycles. The van der Waals surface area contributed by atoms with Crippen molar-refractivity contribution in [2.24, 2.45) is 0 Å². The quantitative estimate of drug-likeness (QED) is 0.506. The molecule has 3 rings (SSSR count). The molecule has 9 heteroatoms. The molecular formula is C18H15ClN4O4. The Hall–Kier alpha value is -3.39. The number of amides is 1. The molecule has 138 valence electrons. The van der Waals surface area contributed by atoms with Crippen molar-refractivity contribution in [3.8, 4) is 11.5 Å². The number of halogens is 1. The predicted octanol–water partition coefficient (Wildman–Crippen LogP) is 4.18. The van der Waals surface area contributed by atoms with Crippen LogP contribution in [0.4, 0.5) is 11.4 Å². The lowest BCUT2D eigenvalue weighted by Crippen LogP contribution is -2.19. The van der Waals surface area contributed by atoms with Crippen LogP contribution in [0.15, 0.2) is 54.9 Å². The molecule has 0 radical (unpaired) electrons.